The standard InChI is InChI=1S/C27H33FN4O2/c1-27(19-11-12-29-16-19,33-23-5-3-2-4-6-23)20-7-9-22-18-32(14-13-31(22)17-20)26-24-10-8-21(28)15-25(24)34-30-26/h2-6,8,10,15,19-20,22,29H,7,9,11-14,16-18H2,1H3/t19?,20-,22+,27?/m1/s1. The van der Waals surface area contributed by atoms with Crippen molar-refractivity contribution < 1.29 is 13.7 Å². The number of fused-ring (bicyclic) bond motifs is 2. The van der Waals surface area contributed by atoms with Crippen LogP contribution in [0.3, 0.4) is 0 Å². The van der Waals surface area contributed by atoms with Crippen LogP contribution in [0, 0.1) is 17.7 Å². The molecule has 2 unspecified atom stereocenters. The summed E-state index contributed by atoms with van der Waals surface area (Å²) >= 11 is 0. The highest BCUT2D eigenvalue weighted by atomic mass is 19.1. The van der Waals surface area contributed by atoms with Gasteiger partial charge in [-0.15, -0.1) is 0 Å². The van der Waals surface area contributed by atoms with Gasteiger partial charge < -0.3 is 19.5 Å². The summed E-state index contributed by atoms with van der Waals surface area (Å²) < 4.78 is 25.8. The first-order valence-electron chi connectivity index (χ1n) is 12.6. The molecular weight excluding hydrogens is 431 g/mol. The number of aromatic nitrogens is 1. The summed E-state index contributed by atoms with van der Waals surface area (Å²) in [6.07, 6.45) is 3.45. The Labute approximate surface area is 200 Å². The molecule has 0 aliphatic carbocycles. The Hall–Kier alpha value is -2.64. The second-order valence-electron chi connectivity index (χ2n) is 10.3. The maximum atomic E-state index is 13.6. The number of rotatable bonds is 5. The van der Waals surface area contributed by atoms with E-state index in [1.54, 1.807) is 6.07 Å². The molecular formula is C27H33FN4O2. The van der Waals surface area contributed by atoms with Crippen LogP contribution in [-0.4, -0.2) is 61.0 Å². The van der Waals surface area contributed by atoms with Crippen molar-refractivity contribution in [2.24, 2.45) is 11.8 Å². The molecule has 0 saturated carbocycles. The number of para-hydroxylation sites is 1. The molecule has 3 aliphatic rings. The number of anilines is 1. The van der Waals surface area contributed by atoms with E-state index in [-0.39, 0.29) is 11.4 Å². The number of benzene rings is 2. The molecule has 7 heteroatoms. The van der Waals surface area contributed by atoms with E-state index < -0.39 is 0 Å². The highest BCUT2D eigenvalue weighted by Crippen LogP contribution is 2.41. The molecule has 3 saturated heterocycles. The van der Waals surface area contributed by atoms with E-state index in [9.17, 15) is 4.39 Å². The number of ether oxygens (including phenoxy) is 1. The molecule has 3 fully saturated rings. The Bertz CT molecular complexity index is 1130. The lowest BCUT2D eigenvalue weighted by Crippen LogP contribution is -2.61. The van der Waals surface area contributed by atoms with Crippen LogP contribution in [0.15, 0.2) is 53.1 Å². The Kier molecular flexibility index (Phi) is 5.70. The molecule has 3 aromatic rings. The number of nitrogens with zero attached hydrogens (tertiary/aromatic N) is 3. The fourth-order valence-electron chi connectivity index (χ4n) is 6.35. The molecule has 34 heavy (non-hydrogen) atoms. The summed E-state index contributed by atoms with van der Waals surface area (Å²) in [6, 6.07) is 15.5. The molecule has 0 bridgehead atoms. The summed E-state index contributed by atoms with van der Waals surface area (Å²) in [7, 11) is 0. The molecule has 0 spiro atoms. The molecule has 0 amide bonds. The first-order valence-corrected chi connectivity index (χ1v) is 12.6. The zero-order valence-electron chi connectivity index (χ0n) is 19.8. The molecule has 1 N–H and O–H groups in total. The predicted molar refractivity (Wildman–Crippen MR) is 131 cm³/mol. The number of hydrogen-bond donors (Lipinski definition) is 1. The van der Waals surface area contributed by atoms with Gasteiger partial charge in [-0.25, -0.2) is 4.39 Å². The molecule has 4 heterocycles. The molecule has 4 atom stereocenters. The Morgan fingerprint density at radius 2 is 1.94 bits per heavy atom. The highest BCUT2D eigenvalue weighted by molar-refractivity contribution is 5.88. The van der Waals surface area contributed by atoms with E-state index in [0.717, 1.165) is 75.5 Å². The molecule has 1 aromatic heterocycles. The fraction of sp³-hybridized carbons (Fsp3) is 0.519. The number of nitrogens with one attached hydrogen (secondary N) is 1. The molecule has 6 rings (SSSR count). The Balaban J connectivity index is 1.18. The SMILES string of the molecule is CC(Oc1ccccc1)(C1CCNC1)[C@@H]1CC[C@H]2CN(c3noc4cc(F)ccc34)CCN2C1. The van der Waals surface area contributed by atoms with Gasteiger partial charge in [0.2, 0.25) is 0 Å². The lowest BCUT2D eigenvalue weighted by Gasteiger charge is -2.51. The number of piperazine rings is 1. The van der Waals surface area contributed by atoms with Crippen LogP contribution in [0.1, 0.15) is 26.2 Å². The number of piperidine rings is 1. The highest BCUT2D eigenvalue weighted by Gasteiger charge is 2.48. The van der Waals surface area contributed by atoms with Gasteiger partial charge in [-0.1, -0.05) is 23.4 Å². The Morgan fingerprint density at radius 1 is 1.06 bits per heavy atom. The van der Waals surface area contributed by atoms with Crippen LogP contribution in [-0.2, 0) is 0 Å². The largest absolute Gasteiger partial charge is 0.487 e. The van der Waals surface area contributed by atoms with Crippen LogP contribution < -0.4 is 15.0 Å². The molecule has 180 valence electrons. The zero-order valence-corrected chi connectivity index (χ0v) is 19.8. The monoisotopic (exact) mass is 464 g/mol. The average molecular weight is 465 g/mol. The van der Waals surface area contributed by atoms with Crippen LogP contribution in [0.5, 0.6) is 5.75 Å². The van der Waals surface area contributed by atoms with E-state index in [1.807, 2.05) is 6.07 Å². The normalized spacial score (nSPS) is 27.5. The van der Waals surface area contributed by atoms with E-state index in [1.165, 1.54) is 12.1 Å². The van der Waals surface area contributed by atoms with Gasteiger partial charge in [0.15, 0.2) is 11.4 Å². The van der Waals surface area contributed by atoms with Crippen molar-refractivity contribution >= 4 is 16.8 Å². The summed E-state index contributed by atoms with van der Waals surface area (Å²) in [4.78, 5) is 4.97. The van der Waals surface area contributed by atoms with Gasteiger partial charge in [-0.05, 0) is 57.0 Å². The quantitative estimate of drug-likeness (QED) is 0.607. The minimum atomic E-state index is -0.295. The predicted octanol–water partition coefficient (Wildman–Crippen LogP) is 4.31. The number of hydrogen-bond acceptors (Lipinski definition) is 6. The third-order valence-electron chi connectivity index (χ3n) is 8.38. The van der Waals surface area contributed by atoms with Crippen LogP contribution in [0.25, 0.3) is 11.0 Å². The molecule has 6 nitrogen and oxygen atoms in total. The van der Waals surface area contributed by atoms with Crippen LogP contribution in [0.4, 0.5) is 10.2 Å². The Morgan fingerprint density at radius 3 is 2.76 bits per heavy atom. The van der Waals surface area contributed by atoms with E-state index in [0.29, 0.717) is 23.5 Å². The summed E-state index contributed by atoms with van der Waals surface area (Å²) in [5.41, 5.74) is 0.319. The third kappa shape index (κ3) is 3.95. The van der Waals surface area contributed by atoms with E-state index in [4.69, 9.17) is 9.26 Å². The lowest BCUT2D eigenvalue weighted by molar-refractivity contribution is -0.0621. The fourth-order valence-corrected chi connectivity index (χ4v) is 6.35. The van der Waals surface area contributed by atoms with Crippen molar-refractivity contribution in [3.63, 3.8) is 0 Å². The first kappa shape index (κ1) is 21.9. The van der Waals surface area contributed by atoms with Gasteiger partial charge in [0.25, 0.3) is 0 Å². The third-order valence-corrected chi connectivity index (χ3v) is 8.38. The van der Waals surface area contributed by atoms with Crippen molar-refractivity contribution in [2.75, 3.05) is 44.2 Å². The van der Waals surface area contributed by atoms with Gasteiger partial charge in [-0.2, -0.15) is 0 Å². The van der Waals surface area contributed by atoms with Crippen molar-refractivity contribution in [2.45, 2.75) is 37.8 Å². The minimum absolute atomic E-state index is 0.195. The van der Waals surface area contributed by atoms with Crippen LogP contribution in [0.2, 0.25) is 0 Å². The first-order chi connectivity index (χ1) is 16.6. The summed E-state index contributed by atoms with van der Waals surface area (Å²) in [5, 5.41) is 8.74. The maximum Gasteiger partial charge on any atom is 0.180 e. The maximum absolute atomic E-state index is 13.6. The smallest absolute Gasteiger partial charge is 0.180 e. The van der Waals surface area contributed by atoms with E-state index in [2.05, 4.69) is 51.5 Å². The average Bonchev–Trinajstić information content (AvgIpc) is 3.54. The summed E-state index contributed by atoms with van der Waals surface area (Å²) in [6.45, 7) is 8.30. The molecule has 3 aliphatic heterocycles. The van der Waals surface area contributed by atoms with Gasteiger partial charge in [-0.3, -0.25) is 4.90 Å². The van der Waals surface area contributed by atoms with Crippen molar-refractivity contribution in [3.05, 3.63) is 54.3 Å². The molecule has 2 aromatic carbocycles. The van der Waals surface area contributed by atoms with Crippen molar-refractivity contribution in [3.8, 4) is 5.75 Å². The van der Waals surface area contributed by atoms with Crippen molar-refractivity contribution in [1.29, 1.82) is 0 Å². The second kappa shape index (κ2) is 8.86. The lowest BCUT2D eigenvalue weighted by atomic mass is 9.72. The minimum Gasteiger partial charge on any atom is -0.487 e. The zero-order chi connectivity index (χ0) is 23.1. The van der Waals surface area contributed by atoms with Crippen molar-refractivity contribution in [1.82, 2.24) is 15.4 Å². The van der Waals surface area contributed by atoms with Gasteiger partial charge >= 0.3 is 0 Å². The summed E-state index contributed by atoms with van der Waals surface area (Å²) in [5.74, 6) is 2.51. The van der Waals surface area contributed by atoms with Gasteiger partial charge in [0, 0.05) is 56.7 Å². The topological polar surface area (TPSA) is 53.8 Å². The molecule has 0 radical (unpaired) electrons. The van der Waals surface area contributed by atoms with Gasteiger partial charge in [0.1, 0.15) is 17.2 Å². The number of halogens is 1. The van der Waals surface area contributed by atoms with Gasteiger partial charge in [0.05, 0.1) is 5.39 Å². The second-order valence-corrected chi connectivity index (χ2v) is 10.3. The van der Waals surface area contributed by atoms with E-state index >= 15 is 0 Å². The van der Waals surface area contributed by atoms with Crippen LogP contribution >= 0.6 is 0 Å².